The molecule has 0 bridgehead atoms. The summed E-state index contributed by atoms with van der Waals surface area (Å²) in [6, 6.07) is 0. The van der Waals surface area contributed by atoms with Gasteiger partial charge in [-0.05, 0) is 12.8 Å². The Labute approximate surface area is 92.4 Å². The highest BCUT2D eigenvalue weighted by Gasteiger charge is 2.21. The highest BCUT2D eigenvalue weighted by Crippen LogP contribution is 2.27. The maximum Gasteiger partial charge on any atom is 0.122 e. The third-order valence-corrected chi connectivity index (χ3v) is 3.70. The zero-order valence-electron chi connectivity index (χ0n) is 7.91. The highest BCUT2D eigenvalue weighted by molar-refractivity contribution is 7.11. The van der Waals surface area contributed by atoms with Crippen molar-refractivity contribution in [3.05, 3.63) is 10.0 Å². The second-order valence-corrected chi connectivity index (χ2v) is 4.86. The molecule has 1 aliphatic rings. The summed E-state index contributed by atoms with van der Waals surface area (Å²) in [5.74, 6) is 1.18. The molecule has 0 N–H and O–H groups in total. The third kappa shape index (κ3) is 2.43. The van der Waals surface area contributed by atoms with Crippen LogP contribution in [0.15, 0.2) is 0 Å². The lowest BCUT2D eigenvalue weighted by Crippen LogP contribution is -1.95. The fourth-order valence-electron chi connectivity index (χ4n) is 1.48. The van der Waals surface area contributed by atoms with Gasteiger partial charge in [0.2, 0.25) is 0 Å². The van der Waals surface area contributed by atoms with E-state index in [1.54, 1.807) is 11.3 Å². The van der Waals surface area contributed by atoms with Gasteiger partial charge in [0.1, 0.15) is 10.0 Å². The number of hydrogen-bond acceptors (Lipinski definition) is 4. The van der Waals surface area contributed by atoms with Crippen LogP contribution < -0.4 is 0 Å². The van der Waals surface area contributed by atoms with Crippen molar-refractivity contribution in [1.82, 2.24) is 10.2 Å². The van der Waals surface area contributed by atoms with Crippen LogP contribution >= 0.6 is 22.9 Å². The van der Waals surface area contributed by atoms with Gasteiger partial charge >= 0.3 is 0 Å². The minimum Gasteiger partial charge on any atom is -0.381 e. The average molecular weight is 233 g/mol. The van der Waals surface area contributed by atoms with Crippen molar-refractivity contribution in [3.63, 3.8) is 0 Å². The van der Waals surface area contributed by atoms with E-state index in [2.05, 4.69) is 10.2 Å². The van der Waals surface area contributed by atoms with Crippen molar-refractivity contribution < 1.29 is 4.74 Å². The van der Waals surface area contributed by atoms with E-state index in [0.29, 0.717) is 11.8 Å². The molecule has 0 spiro atoms. The minimum atomic E-state index is 0.484. The standard InChI is InChI=1S/C9H13ClN2OS/c10-4-1-2-8-11-12-9(14-8)7-3-5-13-6-7/h7H,1-6H2. The molecule has 1 aromatic heterocycles. The van der Waals surface area contributed by atoms with Crippen LogP contribution in [0.25, 0.3) is 0 Å². The molecule has 0 aliphatic carbocycles. The number of hydrogen-bond donors (Lipinski definition) is 0. The van der Waals surface area contributed by atoms with Gasteiger partial charge in [0.05, 0.1) is 6.61 Å². The SMILES string of the molecule is ClCCCc1nnc(C2CCOC2)s1. The van der Waals surface area contributed by atoms with Gasteiger partial charge in [0.15, 0.2) is 0 Å². The number of halogens is 1. The van der Waals surface area contributed by atoms with Crippen molar-refractivity contribution in [2.24, 2.45) is 0 Å². The van der Waals surface area contributed by atoms with Crippen molar-refractivity contribution in [2.75, 3.05) is 19.1 Å². The van der Waals surface area contributed by atoms with E-state index in [4.69, 9.17) is 16.3 Å². The first kappa shape index (κ1) is 10.3. The van der Waals surface area contributed by atoms with E-state index < -0.39 is 0 Å². The lowest BCUT2D eigenvalue weighted by atomic mass is 10.1. The predicted molar refractivity (Wildman–Crippen MR) is 57.1 cm³/mol. The Kier molecular flexibility index (Phi) is 3.73. The van der Waals surface area contributed by atoms with Crippen LogP contribution in [0.4, 0.5) is 0 Å². The van der Waals surface area contributed by atoms with Crippen molar-refractivity contribution in [2.45, 2.75) is 25.2 Å². The molecule has 1 aliphatic heterocycles. The predicted octanol–water partition coefficient (Wildman–Crippen LogP) is 2.21. The number of aromatic nitrogens is 2. The summed E-state index contributed by atoms with van der Waals surface area (Å²) in [7, 11) is 0. The summed E-state index contributed by atoms with van der Waals surface area (Å²) in [6.07, 6.45) is 3.02. The van der Waals surface area contributed by atoms with Gasteiger partial charge in [-0.3, -0.25) is 0 Å². The number of ether oxygens (including phenoxy) is 1. The Morgan fingerprint density at radius 3 is 3.14 bits per heavy atom. The van der Waals surface area contributed by atoms with E-state index >= 15 is 0 Å². The molecule has 2 rings (SSSR count). The summed E-state index contributed by atoms with van der Waals surface area (Å²) in [5, 5.41) is 10.6. The van der Waals surface area contributed by atoms with Crippen LogP contribution in [0.2, 0.25) is 0 Å². The summed E-state index contributed by atoms with van der Waals surface area (Å²) < 4.78 is 5.32. The number of nitrogens with zero attached hydrogens (tertiary/aromatic N) is 2. The minimum absolute atomic E-state index is 0.484. The smallest absolute Gasteiger partial charge is 0.122 e. The third-order valence-electron chi connectivity index (χ3n) is 2.29. The molecular formula is C9H13ClN2OS. The molecule has 1 fully saturated rings. The maximum atomic E-state index is 5.62. The summed E-state index contributed by atoms with van der Waals surface area (Å²) in [6.45, 7) is 1.67. The fourth-order valence-corrected chi connectivity index (χ4v) is 2.62. The Morgan fingerprint density at radius 1 is 1.50 bits per heavy atom. The van der Waals surface area contributed by atoms with Gasteiger partial charge in [-0.1, -0.05) is 0 Å². The van der Waals surface area contributed by atoms with Crippen molar-refractivity contribution >= 4 is 22.9 Å². The monoisotopic (exact) mass is 232 g/mol. The first-order valence-corrected chi connectivity index (χ1v) is 6.21. The molecular weight excluding hydrogens is 220 g/mol. The highest BCUT2D eigenvalue weighted by atomic mass is 35.5. The number of aryl methyl sites for hydroxylation is 1. The lowest BCUT2D eigenvalue weighted by Gasteiger charge is -1.98. The first-order valence-electron chi connectivity index (χ1n) is 4.86. The Morgan fingerprint density at radius 2 is 2.43 bits per heavy atom. The molecule has 2 heterocycles. The van der Waals surface area contributed by atoms with Crippen LogP contribution in [-0.4, -0.2) is 29.3 Å². The Hall–Kier alpha value is -0.190. The first-order chi connectivity index (χ1) is 6.90. The molecule has 0 amide bonds. The Bertz CT molecular complexity index is 286. The van der Waals surface area contributed by atoms with Gasteiger partial charge in [-0.2, -0.15) is 0 Å². The van der Waals surface area contributed by atoms with Gasteiger partial charge in [0, 0.05) is 24.8 Å². The van der Waals surface area contributed by atoms with Crippen molar-refractivity contribution in [3.8, 4) is 0 Å². The Balaban J connectivity index is 1.94. The second kappa shape index (κ2) is 5.05. The quantitative estimate of drug-likeness (QED) is 0.747. The average Bonchev–Trinajstić information content (AvgIpc) is 2.85. The number of rotatable bonds is 4. The summed E-state index contributed by atoms with van der Waals surface area (Å²) in [5.41, 5.74) is 0. The largest absolute Gasteiger partial charge is 0.381 e. The van der Waals surface area contributed by atoms with Crippen LogP contribution in [0, 0.1) is 0 Å². The molecule has 3 nitrogen and oxygen atoms in total. The summed E-state index contributed by atoms with van der Waals surface area (Å²) in [4.78, 5) is 0. The molecule has 14 heavy (non-hydrogen) atoms. The van der Waals surface area contributed by atoms with E-state index in [9.17, 15) is 0 Å². The molecule has 0 aromatic carbocycles. The van der Waals surface area contributed by atoms with Gasteiger partial charge in [0.25, 0.3) is 0 Å². The molecule has 1 atom stereocenters. The molecule has 0 radical (unpaired) electrons. The van der Waals surface area contributed by atoms with Crippen LogP contribution in [-0.2, 0) is 11.2 Å². The van der Waals surface area contributed by atoms with E-state index in [0.717, 1.165) is 42.5 Å². The molecule has 1 aromatic rings. The maximum absolute atomic E-state index is 5.62. The second-order valence-electron chi connectivity index (χ2n) is 3.39. The van der Waals surface area contributed by atoms with Gasteiger partial charge in [-0.25, -0.2) is 0 Å². The zero-order chi connectivity index (χ0) is 9.80. The summed E-state index contributed by atoms with van der Waals surface area (Å²) >= 11 is 7.33. The molecule has 1 saturated heterocycles. The van der Waals surface area contributed by atoms with Gasteiger partial charge in [-0.15, -0.1) is 33.1 Å². The fraction of sp³-hybridized carbons (Fsp3) is 0.778. The van der Waals surface area contributed by atoms with Gasteiger partial charge < -0.3 is 4.74 Å². The van der Waals surface area contributed by atoms with Crippen LogP contribution in [0.3, 0.4) is 0 Å². The zero-order valence-corrected chi connectivity index (χ0v) is 9.48. The molecule has 5 heteroatoms. The van der Waals surface area contributed by atoms with Crippen molar-refractivity contribution in [1.29, 1.82) is 0 Å². The van der Waals surface area contributed by atoms with E-state index in [1.165, 1.54) is 0 Å². The number of alkyl halides is 1. The van der Waals surface area contributed by atoms with E-state index in [-0.39, 0.29) is 0 Å². The lowest BCUT2D eigenvalue weighted by molar-refractivity contribution is 0.194. The molecule has 1 unspecified atom stereocenters. The van der Waals surface area contributed by atoms with E-state index in [1.807, 2.05) is 0 Å². The topological polar surface area (TPSA) is 35.0 Å². The van der Waals surface area contributed by atoms with Crippen LogP contribution in [0.1, 0.15) is 28.8 Å². The molecule has 78 valence electrons. The molecule has 0 saturated carbocycles. The normalized spacial score (nSPS) is 21.6. The van der Waals surface area contributed by atoms with Crippen LogP contribution in [0.5, 0.6) is 0 Å².